The van der Waals surface area contributed by atoms with Gasteiger partial charge in [0.1, 0.15) is 0 Å². The fraction of sp³-hybridized carbons (Fsp3) is 0.900. The van der Waals surface area contributed by atoms with Crippen LogP contribution in [0, 0.1) is 0 Å². The molecule has 15 heavy (non-hydrogen) atoms. The van der Waals surface area contributed by atoms with E-state index in [1.165, 1.54) is 14.0 Å². The molecule has 1 aliphatic heterocycles. The van der Waals surface area contributed by atoms with Gasteiger partial charge in [0.2, 0.25) is 0 Å². The van der Waals surface area contributed by atoms with Crippen molar-refractivity contribution in [1.82, 2.24) is 4.90 Å². The minimum atomic E-state index is -1.46. The molecule has 5 nitrogen and oxygen atoms in total. The summed E-state index contributed by atoms with van der Waals surface area (Å²) in [6.07, 6.45) is 1.14. The Kier molecular flexibility index (Phi) is 4.07. The summed E-state index contributed by atoms with van der Waals surface area (Å²) < 4.78 is 4.51. The summed E-state index contributed by atoms with van der Waals surface area (Å²) in [6, 6.07) is 0. The molecule has 0 aromatic rings. The summed E-state index contributed by atoms with van der Waals surface area (Å²) in [5.41, 5.74) is -1.46. The van der Waals surface area contributed by atoms with Crippen LogP contribution in [0.5, 0.6) is 0 Å². The molecule has 5 heteroatoms. The van der Waals surface area contributed by atoms with Crippen molar-refractivity contribution in [3.8, 4) is 0 Å². The molecule has 1 atom stereocenters. The molecule has 1 saturated heterocycles. The molecule has 88 valence electrons. The van der Waals surface area contributed by atoms with E-state index < -0.39 is 11.6 Å². The SMILES string of the molecule is COC(=O)C(C)(O)CN1CCC(O)CC1. The molecule has 0 aliphatic carbocycles. The van der Waals surface area contributed by atoms with Crippen LogP contribution in [0.25, 0.3) is 0 Å². The summed E-state index contributed by atoms with van der Waals surface area (Å²) >= 11 is 0. The zero-order valence-electron chi connectivity index (χ0n) is 9.27. The summed E-state index contributed by atoms with van der Waals surface area (Å²) in [7, 11) is 1.26. The summed E-state index contributed by atoms with van der Waals surface area (Å²) in [5.74, 6) is -0.617. The highest BCUT2D eigenvalue weighted by Gasteiger charge is 2.34. The van der Waals surface area contributed by atoms with Gasteiger partial charge in [-0.1, -0.05) is 0 Å². The molecule has 1 unspecified atom stereocenters. The van der Waals surface area contributed by atoms with Crippen molar-refractivity contribution >= 4 is 5.97 Å². The number of nitrogens with zero attached hydrogens (tertiary/aromatic N) is 1. The van der Waals surface area contributed by atoms with Crippen LogP contribution in [-0.4, -0.2) is 59.5 Å². The maximum absolute atomic E-state index is 11.2. The molecule has 1 heterocycles. The number of aliphatic hydroxyl groups excluding tert-OH is 1. The van der Waals surface area contributed by atoms with Crippen molar-refractivity contribution in [2.24, 2.45) is 0 Å². The quantitative estimate of drug-likeness (QED) is 0.616. The molecule has 0 saturated carbocycles. The van der Waals surface area contributed by atoms with Gasteiger partial charge in [-0.25, -0.2) is 4.79 Å². The normalized spacial score (nSPS) is 23.5. The second kappa shape index (κ2) is 4.92. The molecule has 2 N–H and O–H groups in total. The molecule has 0 spiro atoms. The second-order valence-electron chi connectivity index (χ2n) is 4.27. The Bertz CT molecular complexity index is 221. The number of aliphatic hydroxyl groups is 2. The van der Waals surface area contributed by atoms with Gasteiger partial charge in [0.15, 0.2) is 5.60 Å². The predicted molar refractivity (Wildman–Crippen MR) is 54.3 cm³/mol. The Morgan fingerprint density at radius 1 is 1.53 bits per heavy atom. The maximum Gasteiger partial charge on any atom is 0.338 e. The van der Waals surface area contributed by atoms with Gasteiger partial charge in [0.25, 0.3) is 0 Å². The predicted octanol–water partition coefficient (Wildman–Crippen LogP) is -0.633. The number of hydrogen-bond acceptors (Lipinski definition) is 5. The van der Waals surface area contributed by atoms with Crippen molar-refractivity contribution in [2.75, 3.05) is 26.7 Å². The Labute approximate surface area is 89.6 Å². The van der Waals surface area contributed by atoms with Gasteiger partial charge in [-0.2, -0.15) is 0 Å². The van der Waals surface area contributed by atoms with E-state index in [9.17, 15) is 15.0 Å². The lowest BCUT2D eigenvalue weighted by Gasteiger charge is -2.33. The minimum absolute atomic E-state index is 0.246. The van der Waals surface area contributed by atoms with E-state index in [2.05, 4.69) is 4.74 Å². The van der Waals surface area contributed by atoms with Gasteiger partial charge in [0.05, 0.1) is 13.2 Å². The van der Waals surface area contributed by atoms with Crippen LogP contribution in [0.4, 0.5) is 0 Å². The number of piperidine rings is 1. The van der Waals surface area contributed by atoms with E-state index in [1.807, 2.05) is 4.90 Å². The number of carbonyl (C=O) groups is 1. The zero-order valence-corrected chi connectivity index (χ0v) is 9.27. The maximum atomic E-state index is 11.2. The molecule has 0 bridgehead atoms. The third-order valence-corrected chi connectivity index (χ3v) is 2.71. The van der Waals surface area contributed by atoms with E-state index in [0.29, 0.717) is 25.9 Å². The topological polar surface area (TPSA) is 70.0 Å². The van der Waals surface area contributed by atoms with Gasteiger partial charge >= 0.3 is 5.97 Å². The van der Waals surface area contributed by atoms with Crippen molar-refractivity contribution in [1.29, 1.82) is 0 Å². The summed E-state index contributed by atoms with van der Waals surface area (Å²) in [5, 5.41) is 19.1. The Morgan fingerprint density at radius 3 is 2.53 bits per heavy atom. The van der Waals surface area contributed by atoms with Crippen molar-refractivity contribution < 1.29 is 19.7 Å². The molecule has 1 rings (SSSR count). The lowest BCUT2D eigenvalue weighted by molar-refractivity contribution is -0.162. The molecular weight excluding hydrogens is 198 g/mol. The smallest absolute Gasteiger partial charge is 0.338 e. The van der Waals surface area contributed by atoms with Gasteiger partial charge in [-0.3, -0.25) is 4.90 Å². The van der Waals surface area contributed by atoms with Crippen LogP contribution in [0.15, 0.2) is 0 Å². The van der Waals surface area contributed by atoms with E-state index in [4.69, 9.17) is 0 Å². The van der Waals surface area contributed by atoms with E-state index in [0.717, 1.165) is 0 Å². The summed E-state index contributed by atoms with van der Waals surface area (Å²) in [6.45, 7) is 3.11. The highest BCUT2D eigenvalue weighted by molar-refractivity contribution is 5.78. The molecular formula is C10H19NO4. The Morgan fingerprint density at radius 2 is 2.07 bits per heavy atom. The van der Waals surface area contributed by atoms with Crippen LogP contribution in [0.3, 0.4) is 0 Å². The Hall–Kier alpha value is -0.650. The van der Waals surface area contributed by atoms with E-state index >= 15 is 0 Å². The minimum Gasteiger partial charge on any atom is -0.467 e. The highest BCUT2D eigenvalue weighted by atomic mass is 16.5. The number of likely N-dealkylation sites (tertiary alicyclic amines) is 1. The third-order valence-electron chi connectivity index (χ3n) is 2.71. The summed E-state index contributed by atoms with van der Waals surface area (Å²) in [4.78, 5) is 13.2. The number of hydrogen-bond donors (Lipinski definition) is 2. The van der Waals surface area contributed by atoms with Crippen LogP contribution >= 0.6 is 0 Å². The van der Waals surface area contributed by atoms with Gasteiger partial charge in [0, 0.05) is 19.6 Å². The average molecular weight is 217 g/mol. The second-order valence-corrected chi connectivity index (χ2v) is 4.27. The van der Waals surface area contributed by atoms with Gasteiger partial charge in [-0.15, -0.1) is 0 Å². The number of rotatable bonds is 3. The lowest BCUT2D eigenvalue weighted by atomic mass is 10.0. The molecule has 1 fully saturated rings. The first-order chi connectivity index (χ1) is 6.95. The van der Waals surface area contributed by atoms with Gasteiger partial charge < -0.3 is 14.9 Å². The zero-order chi connectivity index (χ0) is 11.5. The number of esters is 1. The van der Waals surface area contributed by atoms with Crippen LogP contribution < -0.4 is 0 Å². The fourth-order valence-electron chi connectivity index (χ4n) is 1.80. The van der Waals surface area contributed by atoms with Crippen molar-refractivity contribution in [3.63, 3.8) is 0 Å². The molecule has 0 amide bonds. The fourth-order valence-corrected chi connectivity index (χ4v) is 1.80. The van der Waals surface area contributed by atoms with Crippen molar-refractivity contribution in [3.05, 3.63) is 0 Å². The van der Waals surface area contributed by atoms with E-state index in [-0.39, 0.29) is 12.6 Å². The molecule has 0 aromatic carbocycles. The Balaban J connectivity index is 2.43. The van der Waals surface area contributed by atoms with Crippen molar-refractivity contribution in [2.45, 2.75) is 31.5 Å². The first-order valence-electron chi connectivity index (χ1n) is 5.17. The van der Waals surface area contributed by atoms with E-state index in [1.54, 1.807) is 0 Å². The molecule has 0 radical (unpaired) electrons. The number of ether oxygens (including phenoxy) is 1. The van der Waals surface area contributed by atoms with Crippen LogP contribution in [0.1, 0.15) is 19.8 Å². The number of β-amino-alcohol motifs (C(OH)–C–C–N with tert-alkyl or cyclic N) is 1. The number of methoxy groups -OCH3 is 1. The van der Waals surface area contributed by atoms with Gasteiger partial charge in [-0.05, 0) is 19.8 Å². The number of carbonyl (C=O) groups excluding carboxylic acids is 1. The first kappa shape index (κ1) is 12.4. The highest BCUT2D eigenvalue weighted by Crippen LogP contribution is 2.14. The van der Waals surface area contributed by atoms with Crippen LogP contribution in [-0.2, 0) is 9.53 Å². The monoisotopic (exact) mass is 217 g/mol. The average Bonchev–Trinajstić information content (AvgIpc) is 2.20. The standard InChI is InChI=1S/C10H19NO4/c1-10(14,9(13)15-2)7-11-5-3-8(12)4-6-11/h8,12,14H,3-7H2,1-2H3. The molecule has 0 aromatic heterocycles. The molecule has 1 aliphatic rings. The first-order valence-corrected chi connectivity index (χ1v) is 5.17. The lowest BCUT2D eigenvalue weighted by Crippen LogP contribution is -2.50. The third kappa shape index (κ3) is 3.44. The largest absolute Gasteiger partial charge is 0.467 e. The van der Waals surface area contributed by atoms with Crippen LogP contribution in [0.2, 0.25) is 0 Å².